The molecule has 5 rings (SSSR count). The Morgan fingerprint density at radius 1 is 0.935 bits per heavy atom. The van der Waals surface area contributed by atoms with Crippen LogP contribution in [0.5, 0.6) is 0 Å². The van der Waals surface area contributed by atoms with Gasteiger partial charge in [0.05, 0.1) is 6.10 Å². The van der Waals surface area contributed by atoms with Gasteiger partial charge in [0.1, 0.15) is 0 Å². The molecule has 0 aromatic carbocycles. The fraction of sp³-hybridized carbons (Fsp3) is 0.867. The van der Waals surface area contributed by atoms with E-state index in [1.807, 2.05) is 0 Å². The molecule has 0 unspecified atom stereocenters. The summed E-state index contributed by atoms with van der Waals surface area (Å²) in [7, 11) is 0. The van der Waals surface area contributed by atoms with E-state index in [-0.39, 0.29) is 16.9 Å². The average Bonchev–Trinajstić information content (AvgIpc) is 2.68. The molecule has 1 N–H and O–H groups in total. The number of rotatable bonds is 0. The lowest BCUT2D eigenvalue weighted by Crippen LogP contribution is -2.67. The highest BCUT2D eigenvalue weighted by molar-refractivity contribution is 5.36. The van der Waals surface area contributed by atoms with Crippen LogP contribution >= 0.6 is 0 Å². The number of hydrogen-bond donors (Lipinski definition) is 1. The largest absolute Gasteiger partial charge is 0.393 e. The highest BCUT2D eigenvalue weighted by Gasteiger charge is 2.69. The molecule has 0 radical (unpaired) electrons. The van der Waals surface area contributed by atoms with Crippen molar-refractivity contribution < 1.29 is 5.11 Å². The summed E-state index contributed by atoms with van der Waals surface area (Å²) in [5.74, 6) is 2.42. The number of aliphatic hydroxyl groups is 1. The van der Waals surface area contributed by atoms with Crippen molar-refractivity contribution in [2.24, 2.45) is 50.7 Å². The summed E-state index contributed by atoms with van der Waals surface area (Å²) >= 11 is 0. The average molecular weight is 425 g/mol. The van der Waals surface area contributed by atoms with Crippen molar-refractivity contribution >= 4 is 0 Å². The Labute approximate surface area is 192 Å². The van der Waals surface area contributed by atoms with Gasteiger partial charge in [-0.2, -0.15) is 0 Å². The number of hydrogen-bond acceptors (Lipinski definition) is 1. The molecule has 9 atom stereocenters. The number of allylic oxidation sites excluding steroid dienone is 3. The smallest absolute Gasteiger partial charge is 0.0608 e. The van der Waals surface area contributed by atoms with Crippen LogP contribution in [0.1, 0.15) is 106 Å². The minimum atomic E-state index is -0.187. The summed E-state index contributed by atoms with van der Waals surface area (Å²) in [6.07, 6.45) is 13.8. The lowest BCUT2D eigenvalue weighted by Gasteiger charge is -2.72. The van der Waals surface area contributed by atoms with Crippen molar-refractivity contribution in [1.82, 2.24) is 0 Å². The predicted molar refractivity (Wildman–Crippen MR) is 131 cm³/mol. The maximum absolute atomic E-state index is 12.0. The van der Waals surface area contributed by atoms with Crippen molar-refractivity contribution in [2.45, 2.75) is 112 Å². The lowest BCUT2D eigenvalue weighted by atomic mass is 9.33. The fourth-order valence-electron chi connectivity index (χ4n) is 10.6. The van der Waals surface area contributed by atoms with Crippen LogP contribution < -0.4 is 0 Å². The summed E-state index contributed by atoms with van der Waals surface area (Å²) < 4.78 is 0. The second-order valence-electron chi connectivity index (χ2n) is 14.3. The normalized spacial score (nSPS) is 55.9. The van der Waals surface area contributed by atoms with Crippen LogP contribution in [0.4, 0.5) is 0 Å². The van der Waals surface area contributed by atoms with E-state index in [2.05, 4.69) is 61.1 Å². The van der Waals surface area contributed by atoms with Crippen LogP contribution in [-0.4, -0.2) is 11.2 Å². The molecule has 0 heterocycles. The molecule has 0 spiro atoms. The van der Waals surface area contributed by atoms with E-state index in [0.29, 0.717) is 39.9 Å². The Kier molecular flexibility index (Phi) is 4.68. The first-order chi connectivity index (χ1) is 14.3. The van der Waals surface area contributed by atoms with Crippen molar-refractivity contribution in [3.8, 4) is 0 Å². The van der Waals surface area contributed by atoms with Gasteiger partial charge in [-0.15, -0.1) is 0 Å². The minimum Gasteiger partial charge on any atom is -0.393 e. The topological polar surface area (TPSA) is 20.2 Å². The quantitative estimate of drug-likeness (QED) is 0.391. The molecule has 4 saturated carbocycles. The van der Waals surface area contributed by atoms with Crippen LogP contribution in [0.25, 0.3) is 0 Å². The summed E-state index contributed by atoms with van der Waals surface area (Å²) in [5, 5.41) is 12.0. The number of fused-ring (bicyclic) bond motifs is 7. The first-order valence-corrected chi connectivity index (χ1v) is 13.4. The highest BCUT2D eigenvalue weighted by atomic mass is 16.3. The molecule has 0 saturated heterocycles. The van der Waals surface area contributed by atoms with Crippen LogP contribution in [0, 0.1) is 50.7 Å². The molecule has 0 aromatic heterocycles. The van der Waals surface area contributed by atoms with Crippen LogP contribution in [-0.2, 0) is 0 Å². The van der Waals surface area contributed by atoms with E-state index in [4.69, 9.17) is 0 Å². The monoisotopic (exact) mass is 424 g/mol. The molecule has 5 aliphatic carbocycles. The van der Waals surface area contributed by atoms with Crippen molar-refractivity contribution in [3.63, 3.8) is 0 Å². The van der Waals surface area contributed by atoms with E-state index in [1.165, 1.54) is 56.9 Å². The van der Waals surface area contributed by atoms with Gasteiger partial charge in [-0.25, -0.2) is 0 Å². The van der Waals surface area contributed by atoms with E-state index in [9.17, 15) is 5.11 Å². The van der Waals surface area contributed by atoms with Gasteiger partial charge in [-0.1, -0.05) is 78.7 Å². The molecule has 174 valence electrons. The summed E-state index contributed by atoms with van der Waals surface area (Å²) in [5.41, 5.74) is 4.38. The maximum atomic E-state index is 12.0. The molecule has 1 nitrogen and oxygen atoms in total. The SMILES string of the molecule is C=C1CC[C@]2(C)CC[C@]3(C)C(=CC[C@@H]4[C@@]5(C)CCCC(C)(C)[C@@H]5C[C@@H](O)[C@]43C)[C@@H]2[C@H]1C. The van der Waals surface area contributed by atoms with Gasteiger partial charge in [0, 0.05) is 5.41 Å². The molecule has 4 fully saturated rings. The fourth-order valence-corrected chi connectivity index (χ4v) is 10.6. The zero-order chi connectivity index (χ0) is 22.6. The van der Waals surface area contributed by atoms with Gasteiger partial charge in [0.25, 0.3) is 0 Å². The summed E-state index contributed by atoms with van der Waals surface area (Å²) in [4.78, 5) is 0. The second kappa shape index (κ2) is 6.52. The van der Waals surface area contributed by atoms with Gasteiger partial charge < -0.3 is 5.11 Å². The number of aliphatic hydroxyl groups excluding tert-OH is 1. The zero-order valence-electron chi connectivity index (χ0n) is 21.5. The third kappa shape index (κ3) is 2.59. The molecule has 0 aromatic rings. The van der Waals surface area contributed by atoms with Gasteiger partial charge >= 0.3 is 0 Å². The van der Waals surface area contributed by atoms with E-state index in [0.717, 1.165) is 6.42 Å². The minimum absolute atomic E-state index is 0.0183. The Morgan fingerprint density at radius 2 is 1.65 bits per heavy atom. The molecule has 0 aliphatic heterocycles. The van der Waals surface area contributed by atoms with Crippen molar-refractivity contribution in [1.29, 1.82) is 0 Å². The first kappa shape index (κ1) is 22.2. The van der Waals surface area contributed by atoms with Crippen LogP contribution in [0.3, 0.4) is 0 Å². The molecule has 5 aliphatic rings. The Balaban J connectivity index is 1.64. The van der Waals surface area contributed by atoms with Gasteiger partial charge in [-0.3, -0.25) is 0 Å². The first-order valence-electron chi connectivity index (χ1n) is 13.4. The maximum Gasteiger partial charge on any atom is 0.0608 e. The zero-order valence-corrected chi connectivity index (χ0v) is 21.5. The third-order valence-electron chi connectivity index (χ3n) is 12.8. The second-order valence-corrected chi connectivity index (χ2v) is 14.3. The molecular weight excluding hydrogens is 376 g/mol. The van der Waals surface area contributed by atoms with E-state index < -0.39 is 0 Å². The standard InChI is InChI=1S/C30H48O/c1-19-12-15-27(5)16-17-29(7)21(25(27)20(19)2)10-11-22-28(6)14-9-13-26(3,4)23(28)18-24(31)30(22,29)8/h10,20,22-25,31H,1,9,11-18H2,2-8H3/t20-,22+,23-,24+,25-,27+,28+,29+,30-/m0/s1. The molecule has 1 heteroatoms. The highest BCUT2D eigenvalue weighted by Crippen LogP contribution is 2.75. The van der Waals surface area contributed by atoms with E-state index >= 15 is 0 Å². The molecular formula is C30H48O. The van der Waals surface area contributed by atoms with Crippen LogP contribution in [0.15, 0.2) is 23.8 Å². The molecule has 0 bridgehead atoms. The Morgan fingerprint density at radius 3 is 2.35 bits per heavy atom. The predicted octanol–water partition coefficient (Wildman–Crippen LogP) is 7.94. The third-order valence-corrected chi connectivity index (χ3v) is 12.8. The Bertz CT molecular complexity index is 820. The molecule has 0 amide bonds. The lowest BCUT2D eigenvalue weighted by molar-refractivity contribution is -0.229. The van der Waals surface area contributed by atoms with Gasteiger partial charge in [-0.05, 0) is 96.7 Å². The molecule has 31 heavy (non-hydrogen) atoms. The van der Waals surface area contributed by atoms with Crippen molar-refractivity contribution in [3.05, 3.63) is 23.8 Å². The summed E-state index contributed by atoms with van der Waals surface area (Å²) in [6, 6.07) is 0. The Hall–Kier alpha value is -0.560. The summed E-state index contributed by atoms with van der Waals surface area (Å²) in [6.45, 7) is 22.2. The van der Waals surface area contributed by atoms with Gasteiger partial charge in [0.2, 0.25) is 0 Å². The van der Waals surface area contributed by atoms with Crippen LogP contribution in [0.2, 0.25) is 0 Å². The van der Waals surface area contributed by atoms with Gasteiger partial charge in [0.15, 0.2) is 0 Å². The van der Waals surface area contributed by atoms with E-state index in [1.54, 1.807) is 5.57 Å². The van der Waals surface area contributed by atoms with Crippen molar-refractivity contribution in [2.75, 3.05) is 0 Å².